The van der Waals surface area contributed by atoms with Gasteiger partial charge in [0.25, 0.3) is 0 Å². The number of esters is 1. The van der Waals surface area contributed by atoms with E-state index in [4.69, 9.17) is 9.47 Å². The average molecular weight is 519 g/mol. The predicted octanol–water partition coefficient (Wildman–Crippen LogP) is 3.48. The lowest BCUT2D eigenvalue weighted by molar-refractivity contribution is -0.164. The van der Waals surface area contributed by atoms with Crippen LogP contribution in [0.5, 0.6) is 0 Å². The fourth-order valence-corrected chi connectivity index (χ4v) is 6.85. The Labute approximate surface area is 222 Å². The third-order valence-electron chi connectivity index (χ3n) is 8.48. The van der Waals surface area contributed by atoms with Crippen LogP contribution in [0.1, 0.15) is 73.1 Å². The van der Waals surface area contributed by atoms with Crippen LogP contribution in [0.25, 0.3) is 0 Å². The maximum atomic E-state index is 14.3. The number of aliphatic hydroxyl groups excluding tert-OH is 1. The monoisotopic (exact) mass is 518 g/mol. The number of carbonyl (C=O) groups excluding carboxylic acids is 3. The molecule has 2 unspecified atom stereocenters. The van der Waals surface area contributed by atoms with Crippen molar-refractivity contribution in [3.05, 3.63) is 25.3 Å². The first kappa shape index (κ1) is 29.4. The fourth-order valence-electron chi connectivity index (χ4n) is 6.85. The molecule has 8 nitrogen and oxygen atoms in total. The second-order valence-electron chi connectivity index (χ2n) is 11.5. The molecule has 208 valence electrons. The summed E-state index contributed by atoms with van der Waals surface area (Å²) in [7, 11) is 0. The van der Waals surface area contributed by atoms with Gasteiger partial charge in [0.05, 0.1) is 30.8 Å². The third-order valence-corrected chi connectivity index (χ3v) is 8.48. The molecular formula is C29H46N2O6. The normalized spacial score (nSPS) is 31.1. The summed E-state index contributed by atoms with van der Waals surface area (Å²) >= 11 is 0. The molecule has 3 saturated heterocycles. The molecule has 3 heterocycles. The molecule has 3 rings (SSSR count). The zero-order valence-electron chi connectivity index (χ0n) is 23.3. The minimum atomic E-state index is -1.13. The summed E-state index contributed by atoms with van der Waals surface area (Å²) in [5, 5.41) is 10.4. The van der Waals surface area contributed by atoms with Crippen LogP contribution in [0.15, 0.2) is 25.3 Å². The molecule has 0 aliphatic carbocycles. The molecule has 1 spiro atoms. The molecule has 0 aromatic carbocycles. The van der Waals surface area contributed by atoms with Crippen LogP contribution in [-0.2, 0) is 23.9 Å². The maximum absolute atomic E-state index is 14.3. The lowest BCUT2D eigenvalue weighted by Crippen LogP contribution is -2.60. The van der Waals surface area contributed by atoms with E-state index in [-0.39, 0.29) is 37.0 Å². The standard InChI is InChI=1S/C29H46N2O6/c1-8-11-12-16-36-27(35)23-22-25(33)31(21(18-32)17-19(4)5)24(26(34)30(15-9-2)20(6)7)29(22)14-13-28(23,10-3)37-29/h8-9,19-24,32H,1-2,10-18H2,3-7H3/t21-,22+,23+,24?,28-,29?/m1/s1. The molecule has 8 heteroatoms. The first-order valence-electron chi connectivity index (χ1n) is 13.9. The number of unbranched alkanes of at least 4 members (excludes halogenated alkanes) is 1. The van der Waals surface area contributed by atoms with E-state index in [0.29, 0.717) is 38.6 Å². The van der Waals surface area contributed by atoms with Gasteiger partial charge in [-0.3, -0.25) is 14.4 Å². The average Bonchev–Trinajstić information content (AvgIpc) is 3.46. The van der Waals surface area contributed by atoms with Crippen molar-refractivity contribution in [2.75, 3.05) is 19.8 Å². The molecule has 2 amide bonds. The van der Waals surface area contributed by atoms with Gasteiger partial charge in [0, 0.05) is 12.6 Å². The highest BCUT2D eigenvalue weighted by molar-refractivity contribution is 5.98. The number of likely N-dealkylation sites (tertiary alicyclic amines) is 1. The highest BCUT2D eigenvalue weighted by Gasteiger charge is 2.79. The molecule has 0 radical (unpaired) electrons. The summed E-state index contributed by atoms with van der Waals surface area (Å²) in [4.78, 5) is 45.4. The molecule has 2 bridgehead atoms. The number of carbonyl (C=O) groups is 3. The Bertz CT molecular complexity index is 888. The molecule has 0 aromatic heterocycles. The van der Waals surface area contributed by atoms with Crippen LogP contribution in [0.3, 0.4) is 0 Å². The summed E-state index contributed by atoms with van der Waals surface area (Å²) in [5.74, 6) is -2.36. The van der Waals surface area contributed by atoms with E-state index >= 15 is 0 Å². The van der Waals surface area contributed by atoms with Crippen molar-refractivity contribution < 1.29 is 29.0 Å². The predicted molar refractivity (Wildman–Crippen MR) is 141 cm³/mol. The highest BCUT2D eigenvalue weighted by atomic mass is 16.6. The number of fused-ring (bicyclic) bond motifs is 1. The minimum Gasteiger partial charge on any atom is -0.465 e. The van der Waals surface area contributed by atoms with Gasteiger partial charge in [-0.05, 0) is 58.3 Å². The zero-order valence-corrected chi connectivity index (χ0v) is 23.3. The lowest BCUT2D eigenvalue weighted by Gasteiger charge is -2.41. The fraction of sp³-hybridized carbons (Fsp3) is 0.759. The Balaban J connectivity index is 2.10. The van der Waals surface area contributed by atoms with Crippen LogP contribution in [-0.4, -0.2) is 81.8 Å². The van der Waals surface area contributed by atoms with Crippen molar-refractivity contribution in [3.8, 4) is 0 Å². The van der Waals surface area contributed by atoms with E-state index in [1.54, 1.807) is 22.0 Å². The van der Waals surface area contributed by atoms with Crippen molar-refractivity contribution in [2.24, 2.45) is 17.8 Å². The maximum Gasteiger partial charge on any atom is 0.312 e. The molecule has 0 saturated carbocycles. The Morgan fingerprint density at radius 1 is 1.24 bits per heavy atom. The quantitative estimate of drug-likeness (QED) is 0.215. The van der Waals surface area contributed by atoms with Crippen molar-refractivity contribution in [2.45, 2.75) is 102 Å². The number of amides is 2. The number of ether oxygens (including phenoxy) is 2. The summed E-state index contributed by atoms with van der Waals surface area (Å²) < 4.78 is 12.5. The Hall–Kier alpha value is -2.19. The lowest BCUT2D eigenvalue weighted by atomic mass is 9.65. The van der Waals surface area contributed by atoms with Gasteiger partial charge in [-0.15, -0.1) is 13.2 Å². The zero-order chi connectivity index (χ0) is 27.5. The molecule has 37 heavy (non-hydrogen) atoms. The van der Waals surface area contributed by atoms with Crippen LogP contribution in [0.4, 0.5) is 0 Å². The number of allylic oxidation sites excluding steroid dienone is 1. The summed E-state index contributed by atoms with van der Waals surface area (Å²) in [5.41, 5.74) is -1.97. The van der Waals surface area contributed by atoms with Crippen molar-refractivity contribution >= 4 is 17.8 Å². The van der Waals surface area contributed by atoms with E-state index < -0.39 is 41.1 Å². The van der Waals surface area contributed by atoms with E-state index in [1.807, 2.05) is 34.6 Å². The number of aliphatic hydroxyl groups is 1. The summed E-state index contributed by atoms with van der Waals surface area (Å²) in [6.45, 7) is 17.7. The smallest absolute Gasteiger partial charge is 0.312 e. The second kappa shape index (κ2) is 11.7. The number of nitrogens with zero attached hydrogens (tertiary/aromatic N) is 2. The first-order valence-corrected chi connectivity index (χ1v) is 13.9. The van der Waals surface area contributed by atoms with Crippen LogP contribution in [0.2, 0.25) is 0 Å². The molecular weight excluding hydrogens is 472 g/mol. The summed E-state index contributed by atoms with van der Waals surface area (Å²) in [6.07, 6.45) is 7.00. The SMILES string of the molecule is C=CCCCOC(=O)[C@@H]1[C@H]2C(=O)N([C@@H](CO)CC(C)C)C(C(=O)N(CC=C)C(C)C)C23CC[C@@]1(CC)O3. The molecule has 1 N–H and O–H groups in total. The van der Waals surface area contributed by atoms with Gasteiger partial charge in [-0.2, -0.15) is 0 Å². The highest BCUT2D eigenvalue weighted by Crippen LogP contribution is 2.65. The number of rotatable bonds is 14. The largest absolute Gasteiger partial charge is 0.465 e. The molecule has 3 aliphatic heterocycles. The van der Waals surface area contributed by atoms with Gasteiger partial charge in [0.2, 0.25) is 11.8 Å². The van der Waals surface area contributed by atoms with Crippen LogP contribution >= 0.6 is 0 Å². The van der Waals surface area contributed by atoms with E-state index in [2.05, 4.69) is 13.2 Å². The molecule has 3 fully saturated rings. The topological polar surface area (TPSA) is 96.4 Å². The summed E-state index contributed by atoms with van der Waals surface area (Å²) in [6, 6.07) is -1.60. The molecule has 6 atom stereocenters. The van der Waals surface area contributed by atoms with Gasteiger partial charge in [0.1, 0.15) is 17.6 Å². The Kier molecular flexibility index (Phi) is 9.27. The van der Waals surface area contributed by atoms with Crippen LogP contribution < -0.4 is 0 Å². The van der Waals surface area contributed by atoms with Gasteiger partial charge >= 0.3 is 5.97 Å². The second-order valence-corrected chi connectivity index (χ2v) is 11.5. The first-order chi connectivity index (χ1) is 17.5. The third kappa shape index (κ3) is 4.99. The number of hydrogen-bond acceptors (Lipinski definition) is 6. The van der Waals surface area contributed by atoms with Crippen molar-refractivity contribution in [1.29, 1.82) is 0 Å². The van der Waals surface area contributed by atoms with Gasteiger partial charge < -0.3 is 24.4 Å². The van der Waals surface area contributed by atoms with Crippen LogP contribution in [0, 0.1) is 17.8 Å². The van der Waals surface area contributed by atoms with E-state index in [0.717, 1.165) is 6.42 Å². The Morgan fingerprint density at radius 3 is 2.49 bits per heavy atom. The minimum absolute atomic E-state index is 0.125. The van der Waals surface area contributed by atoms with Gasteiger partial charge in [-0.1, -0.05) is 32.9 Å². The van der Waals surface area contributed by atoms with Gasteiger partial charge in [-0.25, -0.2) is 0 Å². The van der Waals surface area contributed by atoms with Crippen molar-refractivity contribution in [3.63, 3.8) is 0 Å². The van der Waals surface area contributed by atoms with E-state index in [1.165, 1.54) is 0 Å². The van der Waals surface area contributed by atoms with Crippen molar-refractivity contribution in [1.82, 2.24) is 9.80 Å². The number of hydrogen-bond donors (Lipinski definition) is 1. The molecule has 0 aromatic rings. The van der Waals surface area contributed by atoms with E-state index in [9.17, 15) is 19.5 Å². The molecule has 3 aliphatic rings. The van der Waals surface area contributed by atoms with Gasteiger partial charge in [0.15, 0.2) is 0 Å². The Morgan fingerprint density at radius 2 is 1.95 bits per heavy atom.